The van der Waals surface area contributed by atoms with Crippen LogP contribution in [0.1, 0.15) is 6.42 Å². The van der Waals surface area contributed by atoms with Gasteiger partial charge in [0.25, 0.3) is 5.91 Å². The maximum Gasteiger partial charge on any atom is 0.266 e. The molecule has 1 fully saturated rings. The van der Waals surface area contributed by atoms with Gasteiger partial charge >= 0.3 is 0 Å². The summed E-state index contributed by atoms with van der Waals surface area (Å²) in [6, 6.07) is 11.3. The lowest BCUT2D eigenvalue weighted by molar-refractivity contribution is -0.120. The van der Waals surface area contributed by atoms with E-state index in [9.17, 15) is 9.18 Å². The van der Waals surface area contributed by atoms with Crippen LogP contribution < -0.4 is 9.64 Å². The number of morpholine rings is 1. The van der Waals surface area contributed by atoms with Gasteiger partial charge in [-0.25, -0.2) is 9.37 Å². The highest BCUT2D eigenvalue weighted by Crippen LogP contribution is 2.30. The van der Waals surface area contributed by atoms with E-state index in [1.54, 1.807) is 35.2 Å². The van der Waals surface area contributed by atoms with Crippen molar-refractivity contribution >= 4 is 44.2 Å². The Kier molecular flexibility index (Phi) is 7.34. The van der Waals surface area contributed by atoms with E-state index in [-0.39, 0.29) is 18.3 Å². The summed E-state index contributed by atoms with van der Waals surface area (Å²) in [5.74, 6) is 0.0489. The second-order valence-corrected chi connectivity index (χ2v) is 8.65. The third-order valence-electron chi connectivity index (χ3n) is 5.01. The summed E-state index contributed by atoms with van der Waals surface area (Å²) in [5.41, 5.74) is 0.672. The fourth-order valence-corrected chi connectivity index (χ4v) is 4.52. The molecular weight excluding hydrogens is 441 g/mol. The molecule has 1 aliphatic rings. The molecule has 4 rings (SSSR count). The number of anilines is 1. The van der Waals surface area contributed by atoms with Crippen molar-refractivity contribution in [3.05, 3.63) is 53.3 Å². The van der Waals surface area contributed by atoms with Crippen LogP contribution in [0.15, 0.2) is 42.5 Å². The normalized spacial score (nSPS) is 14.6. The third kappa shape index (κ3) is 5.92. The average Bonchev–Trinajstić information content (AvgIpc) is 3.19. The van der Waals surface area contributed by atoms with Crippen molar-refractivity contribution in [1.82, 2.24) is 9.88 Å². The molecule has 6 nitrogen and oxygen atoms in total. The van der Waals surface area contributed by atoms with E-state index in [1.165, 1.54) is 23.5 Å². The minimum absolute atomic E-state index is 0.122. The molecule has 2 aromatic carbocycles. The molecule has 1 aliphatic heterocycles. The third-order valence-corrected chi connectivity index (χ3v) is 6.30. The number of nitrogens with zero attached hydrogens (tertiary/aromatic N) is 3. The van der Waals surface area contributed by atoms with Crippen LogP contribution in [0, 0.1) is 5.82 Å². The molecule has 31 heavy (non-hydrogen) atoms. The number of halogens is 2. The minimum Gasteiger partial charge on any atom is -0.484 e. The lowest BCUT2D eigenvalue weighted by Crippen LogP contribution is -2.40. The molecule has 0 spiro atoms. The zero-order valence-corrected chi connectivity index (χ0v) is 18.5. The summed E-state index contributed by atoms with van der Waals surface area (Å²) in [5, 5.41) is 1.15. The molecule has 1 aromatic heterocycles. The Labute approximate surface area is 189 Å². The van der Waals surface area contributed by atoms with Crippen molar-refractivity contribution < 1.29 is 18.7 Å². The summed E-state index contributed by atoms with van der Waals surface area (Å²) in [6.07, 6.45) is 0.789. The van der Waals surface area contributed by atoms with E-state index in [4.69, 9.17) is 21.1 Å². The number of hydrogen-bond donors (Lipinski definition) is 0. The molecule has 3 aromatic rings. The maximum absolute atomic E-state index is 13.6. The number of ether oxygens (including phenoxy) is 2. The maximum atomic E-state index is 13.6. The van der Waals surface area contributed by atoms with Crippen LogP contribution in [0.4, 0.5) is 9.52 Å². The predicted molar refractivity (Wildman–Crippen MR) is 121 cm³/mol. The van der Waals surface area contributed by atoms with Gasteiger partial charge in [-0.2, -0.15) is 0 Å². The van der Waals surface area contributed by atoms with Crippen LogP contribution in [0.25, 0.3) is 10.2 Å². The number of carbonyl (C=O) groups excluding carboxylic acids is 1. The quantitative estimate of drug-likeness (QED) is 0.500. The van der Waals surface area contributed by atoms with Gasteiger partial charge in [-0.15, -0.1) is 0 Å². The van der Waals surface area contributed by atoms with Gasteiger partial charge in [0.15, 0.2) is 11.7 Å². The zero-order valence-electron chi connectivity index (χ0n) is 16.9. The van der Waals surface area contributed by atoms with Crippen molar-refractivity contribution in [3.8, 4) is 5.75 Å². The lowest BCUT2D eigenvalue weighted by atomic mass is 10.3. The molecule has 0 radical (unpaired) electrons. The van der Waals surface area contributed by atoms with E-state index in [2.05, 4.69) is 9.88 Å². The van der Waals surface area contributed by atoms with E-state index >= 15 is 0 Å². The molecule has 0 bridgehead atoms. The Morgan fingerprint density at radius 1 is 1.23 bits per heavy atom. The number of hydrogen-bond acceptors (Lipinski definition) is 6. The van der Waals surface area contributed by atoms with Gasteiger partial charge in [0, 0.05) is 31.2 Å². The summed E-state index contributed by atoms with van der Waals surface area (Å²) in [6.45, 7) is 4.51. The second kappa shape index (κ2) is 10.4. The fourth-order valence-electron chi connectivity index (χ4n) is 3.36. The first-order valence-corrected chi connectivity index (χ1v) is 11.3. The highest BCUT2D eigenvalue weighted by molar-refractivity contribution is 7.22. The molecule has 0 atom stereocenters. The van der Waals surface area contributed by atoms with Gasteiger partial charge in [0.2, 0.25) is 0 Å². The molecule has 164 valence electrons. The summed E-state index contributed by atoms with van der Waals surface area (Å²) in [4.78, 5) is 21.6. The van der Waals surface area contributed by atoms with Crippen LogP contribution in [0.5, 0.6) is 5.75 Å². The highest BCUT2D eigenvalue weighted by atomic mass is 35.5. The number of aromatic nitrogens is 1. The standard InChI is InChI=1S/C22H23ClFN3O3S/c23-16-2-5-18(6-3-16)30-15-21(28)27(9-1-8-26-10-12-29-13-11-26)22-25-19-7-4-17(24)14-20(19)31-22/h2-7,14H,1,8-13,15H2. The Hall–Kier alpha value is -2.26. The van der Waals surface area contributed by atoms with Crippen molar-refractivity contribution in [2.75, 3.05) is 50.9 Å². The Bertz CT molecular complexity index is 1020. The molecular formula is C22H23ClFN3O3S. The first-order valence-electron chi connectivity index (χ1n) is 10.1. The molecule has 0 unspecified atom stereocenters. The molecule has 1 saturated heterocycles. The predicted octanol–water partition coefficient (Wildman–Crippen LogP) is 4.22. The summed E-state index contributed by atoms with van der Waals surface area (Å²) in [7, 11) is 0. The SMILES string of the molecule is O=C(COc1ccc(Cl)cc1)N(CCCN1CCOCC1)c1nc2ccc(F)cc2s1. The number of thiazole rings is 1. The fraction of sp³-hybridized carbons (Fsp3) is 0.364. The molecule has 9 heteroatoms. The van der Waals surface area contributed by atoms with Gasteiger partial charge in [-0.1, -0.05) is 22.9 Å². The van der Waals surface area contributed by atoms with Crippen LogP contribution in [-0.4, -0.2) is 61.8 Å². The van der Waals surface area contributed by atoms with Gasteiger partial charge in [-0.05, 0) is 48.9 Å². The molecule has 0 aliphatic carbocycles. The number of carbonyl (C=O) groups is 1. The first-order chi connectivity index (χ1) is 15.1. The number of amides is 1. The summed E-state index contributed by atoms with van der Waals surface area (Å²) < 4.78 is 25.4. The van der Waals surface area contributed by atoms with Crippen molar-refractivity contribution in [1.29, 1.82) is 0 Å². The number of benzene rings is 2. The number of fused-ring (bicyclic) bond motifs is 1. The summed E-state index contributed by atoms with van der Waals surface area (Å²) >= 11 is 7.20. The Balaban J connectivity index is 1.46. The minimum atomic E-state index is -0.320. The Morgan fingerprint density at radius 3 is 2.77 bits per heavy atom. The van der Waals surface area contributed by atoms with Crippen molar-refractivity contribution in [3.63, 3.8) is 0 Å². The number of rotatable bonds is 8. The van der Waals surface area contributed by atoms with Crippen LogP contribution >= 0.6 is 22.9 Å². The smallest absolute Gasteiger partial charge is 0.266 e. The monoisotopic (exact) mass is 463 g/mol. The van der Waals surface area contributed by atoms with Crippen LogP contribution in [-0.2, 0) is 9.53 Å². The van der Waals surface area contributed by atoms with Crippen LogP contribution in [0.3, 0.4) is 0 Å². The Morgan fingerprint density at radius 2 is 2.00 bits per heavy atom. The topological polar surface area (TPSA) is 54.9 Å². The molecule has 2 heterocycles. The molecule has 0 saturated carbocycles. The molecule has 1 amide bonds. The molecule has 0 N–H and O–H groups in total. The van der Waals surface area contributed by atoms with E-state index < -0.39 is 0 Å². The van der Waals surface area contributed by atoms with Gasteiger partial charge in [-0.3, -0.25) is 14.6 Å². The van der Waals surface area contributed by atoms with E-state index in [0.717, 1.165) is 39.3 Å². The van der Waals surface area contributed by atoms with Gasteiger partial charge in [0.1, 0.15) is 11.6 Å². The van der Waals surface area contributed by atoms with Gasteiger partial charge < -0.3 is 9.47 Å². The van der Waals surface area contributed by atoms with Crippen molar-refractivity contribution in [2.24, 2.45) is 0 Å². The van der Waals surface area contributed by atoms with Gasteiger partial charge in [0.05, 0.1) is 23.4 Å². The average molecular weight is 464 g/mol. The van der Waals surface area contributed by atoms with E-state index in [0.29, 0.717) is 32.7 Å². The second-order valence-electron chi connectivity index (χ2n) is 7.20. The lowest BCUT2D eigenvalue weighted by Gasteiger charge is -2.27. The van der Waals surface area contributed by atoms with Crippen molar-refractivity contribution in [2.45, 2.75) is 6.42 Å². The first kappa shape index (κ1) is 22.0. The highest BCUT2D eigenvalue weighted by Gasteiger charge is 2.21. The zero-order chi connectivity index (χ0) is 21.6. The largest absolute Gasteiger partial charge is 0.484 e. The van der Waals surface area contributed by atoms with Crippen LogP contribution in [0.2, 0.25) is 5.02 Å². The van der Waals surface area contributed by atoms with E-state index in [1.807, 2.05) is 0 Å².